The monoisotopic (exact) mass is 1380 g/mol. The molecule has 4 rings (SSSR count). The molecule has 0 aliphatic carbocycles. The molecule has 0 aliphatic rings. The van der Waals surface area contributed by atoms with Crippen LogP contribution in [0, 0.1) is 27.7 Å². The molecule has 8 N–H and O–H groups in total. The number of primary sulfonamides is 4. The second-order valence-electron chi connectivity index (χ2n) is 28.7. The zero-order valence-electron chi connectivity index (χ0n) is 57.7. The van der Waals surface area contributed by atoms with Crippen LogP contribution in [0.5, 0.6) is 0 Å². The third kappa shape index (κ3) is 24.9. The summed E-state index contributed by atoms with van der Waals surface area (Å²) in [5.41, 5.74) is 5.04. The normalized spacial score (nSPS) is 16.4. The number of hydrogen-bond acceptors (Lipinski definition) is 20. The highest BCUT2D eigenvalue weighted by Gasteiger charge is 2.47. The Labute approximate surface area is 533 Å². The first-order chi connectivity index (χ1) is 39.0. The predicted molar refractivity (Wildman–Crippen MR) is 361 cm³/mol. The van der Waals surface area contributed by atoms with Crippen LogP contribution in [-0.2, 0) is 57.8 Å². The van der Waals surface area contributed by atoms with E-state index >= 15 is 0 Å². The van der Waals surface area contributed by atoms with Gasteiger partial charge in [-0.05, 0) is 128 Å². The summed E-state index contributed by atoms with van der Waals surface area (Å²) >= 11 is 0. The molecule has 0 fully saturated rings. The molecule has 0 aliphatic heterocycles. The minimum absolute atomic E-state index is 0.0541. The molecule has 0 saturated heterocycles. The minimum atomic E-state index is -3.75. The fourth-order valence-corrected chi connectivity index (χ4v) is 14.3. The van der Waals surface area contributed by atoms with Crippen molar-refractivity contribution in [2.75, 3.05) is 0 Å². The largest absolute Gasteiger partial charge is 0.407 e. The SMILES string of the molecule is Cc1cnc([C@@H](O[Si](C)(C)C(C)(C)C)[C@@H](C)S(N)(=O)=O)cn1.Cc1cnc([C@@H](O[Si](C)(C)C(C)(C)C)[C@H](C)S(N)(=O)=O)cn1.Cc1cnc([C@H](O[Si](C)(C)C(C)(C)C)[C@@H](C)S(N)(=O)=O)cn1.Cc1cnc([C@H](O[Si](C)(C)C(C)(C)C)[C@H](C)S(N)(=O)=O)cn1. The molecule has 0 saturated carbocycles. The summed E-state index contributed by atoms with van der Waals surface area (Å²) in [4.78, 5) is 34.0. The van der Waals surface area contributed by atoms with E-state index in [0.717, 1.165) is 22.8 Å². The molecule has 4 heterocycles. The topological polar surface area (TPSA) is 381 Å². The molecular formula is C56H108N12O12S4Si4. The number of aryl methyl sites for hydroxylation is 4. The van der Waals surface area contributed by atoms with Crippen molar-refractivity contribution in [2.24, 2.45) is 20.6 Å². The molecule has 0 aromatic carbocycles. The lowest BCUT2D eigenvalue weighted by molar-refractivity contribution is 0.176. The molecule has 24 nitrogen and oxygen atoms in total. The smallest absolute Gasteiger partial charge is 0.214 e. The van der Waals surface area contributed by atoms with Crippen molar-refractivity contribution in [3.8, 4) is 0 Å². The highest BCUT2D eigenvalue weighted by Crippen LogP contribution is 2.44. The Bertz CT molecular complexity index is 2880. The van der Waals surface area contributed by atoms with Gasteiger partial charge in [-0.2, -0.15) is 0 Å². The van der Waals surface area contributed by atoms with Gasteiger partial charge < -0.3 is 17.7 Å². The van der Waals surface area contributed by atoms with Gasteiger partial charge in [-0.25, -0.2) is 54.2 Å². The van der Waals surface area contributed by atoms with Crippen molar-refractivity contribution in [3.63, 3.8) is 0 Å². The first-order valence-electron chi connectivity index (χ1n) is 28.9. The van der Waals surface area contributed by atoms with Gasteiger partial charge in [-0.1, -0.05) is 83.1 Å². The van der Waals surface area contributed by atoms with Crippen LogP contribution in [0.15, 0.2) is 49.6 Å². The van der Waals surface area contributed by atoms with Gasteiger partial charge in [0.2, 0.25) is 40.1 Å². The number of nitrogens with zero attached hydrogens (tertiary/aromatic N) is 8. The first-order valence-corrected chi connectivity index (χ1v) is 47.0. The Morgan fingerprint density at radius 3 is 0.534 bits per heavy atom. The quantitative estimate of drug-likeness (QED) is 0.0597. The number of aromatic nitrogens is 8. The van der Waals surface area contributed by atoms with E-state index in [2.05, 4.69) is 175 Å². The molecule has 4 aromatic rings. The Kier molecular flexibility index (Phi) is 28.8. The average molecular weight is 1380 g/mol. The van der Waals surface area contributed by atoms with Crippen LogP contribution in [0.25, 0.3) is 0 Å². The maximum Gasteiger partial charge on any atom is 0.214 e. The number of rotatable bonds is 20. The summed E-state index contributed by atoms with van der Waals surface area (Å²) in [6.07, 6.45) is 9.80. The third-order valence-corrected chi connectivity index (χ3v) is 40.0. The van der Waals surface area contributed by atoms with Gasteiger partial charge in [0.1, 0.15) is 45.4 Å². The van der Waals surface area contributed by atoms with Crippen molar-refractivity contribution < 1.29 is 51.4 Å². The predicted octanol–water partition coefficient (Wildman–Crippen LogP) is 10.1. The van der Waals surface area contributed by atoms with Crippen LogP contribution in [0.3, 0.4) is 0 Å². The van der Waals surface area contributed by atoms with Gasteiger partial charge in [-0.15, -0.1) is 0 Å². The summed E-state index contributed by atoms with van der Waals surface area (Å²) in [5, 5.41) is 17.6. The fraction of sp³-hybridized carbons (Fsp3) is 0.714. The molecule has 88 heavy (non-hydrogen) atoms. The van der Waals surface area contributed by atoms with Crippen LogP contribution in [0.4, 0.5) is 0 Å². The highest BCUT2D eigenvalue weighted by molar-refractivity contribution is 7.90. The zero-order valence-corrected chi connectivity index (χ0v) is 64.9. The van der Waals surface area contributed by atoms with Crippen LogP contribution in [0.2, 0.25) is 72.5 Å². The average Bonchev–Trinajstić information content (AvgIpc) is 2.31. The van der Waals surface area contributed by atoms with E-state index in [-0.39, 0.29) is 20.2 Å². The Morgan fingerprint density at radius 2 is 0.443 bits per heavy atom. The molecule has 0 radical (unpaired) electrons. The maximum absolute atomic E-state index is 11.8. The van der Waals surface area contributed by atoms with Gasteiger partial charge in [-0.3, -0.25) is 39.9 Å². The molecule has 0 unspecified atom stereocenters. The Balaban J connectivity index is 0.000000587. The standard InChI is InChI=1S/4C14H27N3O3SSi/c4*1-10-8-17-12(9-16-10)13(11(2)21(15,18)19)20-22(6,7)14(3,4)5/h4*8-9,11,13H,1-7H3,(H2,15,18,19)/t2*11-,13+;2*11-,13-/m1010/s1. The summed E-state index contributed by atoms with van der Waals surface area (Å²) in [6.45, 7) is 55.2. The molecular weight excluding hydrogens is 1270 g/mol. The summed E-state index contributed by atoms with van der Waals surface area (Å²) in [6, 6.07) is 0. The summed E-state index contributed by atoms with van der Waals surface area (Å²) < 4.78 is 120. The van der Waals surface area contributed by atoms with Crippen LogP contribution < -0.4 is 20.6 Å². The van der Waals surface area contributed by atoms with E-state index in [4.69, 9.17) is 38.3 Å². The van der Waals surface area contributed by atoms with Crippen molar-refractivity contribution in [3.05, 3.63) is 95.1 Å². The van der Waals surface area contributed by atoms with Gasteiger partial charge in [0.05, 0.1) is 70.3 Å². The molecule has 0 bridgehead atoms. The van der Waals surface area contributed by atoms with Gasteiger partial charge in [0.15, 0.2) is 33.3 Å². The van der Waals surface area contributed by atoms with E-state index < -0.39 is 119 Å². The van der Waals surface area contributed by atoms with E-state index in [1.165, 1.54) is 0 Å². The number of sulfonamides is 4. The zero-order chi connectivity index (χ0) is 69.4. The number of nitrogens with two attached hydrogens (primary N) is 4. The highest BCUT2D eigenvalue weighted by atomic mass is 32.2. The lowest BCUT2D eigenvalue weighted by Gasteiger charge is -2.40. The van der Waals surface area contributed by atoms with Crippen LogP contribution in [0.1, 0.15) is 181 Å². The molecule has 0 spiro atoms. The molecule has 8 atom stereocenters. The Hall–Kier alpha value is -3.33. The lowest BCUT2D eigenvalue weighted by Crippen LogP contribution is -2.45. The third-order valence-electron chi connectivity index (χ3n) is 17.1. The van der Waals surface area contributed by atoms with E-state index in [1.807, 2.05) is 27.7 Å². The van der Waals surface area contributed by atoms with Crippen molar-refractivity contribution in [2.45, 2.75) is 256 Å². The fourth-order valence-electron chi connectivity index (χ4n) is 6.45. The number of hydrogen-bond donors (Lipinski definition) is 4. The van der Waals surface area contributed by atoms with Crippen LogP contribution in [-0.4, -0.2) is 128 Å². The molecule has 32 heteroatoms. The van der Waals surface area contributed by atoms with Crippen LogP contribution >= 0.6 is 0 Å². The van der Waals surface area contributed by atoms with E-state index in [1.54, 1.807) is 77.3 Å². The molecule has 4 aromatic heterocycles. The lowest BCUT2D eigenvalue weighted by atomic mass is 10.2. The first kappa shape index (κ1) is 82.7. The molecule has 504 valence electrons. The van der Waals surface area contributed by atoms with E-state index in [9.17, 15) is 33.7 Å². The van der Waals surface area contributed by atoms with Gasteiger partial charge in [0, 0.05) is 24.8 Å². The second kappa shape index (κ2) is 30.6. The maximum atomic E-state index is 11.8. The van der Waals surface area contributed by atoms with E-state index in [0.29, 0.717) is 22.8 Å². The summed E-state index contributed by atoms with van der Waals surface area (Å²) in [5.74, 6) is 0. The summed E-state index contributed by atoms with van der Waals surface area (Å²) in [7, 11) is -23.8. The molecule has 0 amide bonds. The second-order valence-corrected chi connectivity index (χ2v) is 55.4. The van der Waals surface area contributed by atoms with Crippen molar-refractivity contribution in [1.29, 1.82) is 0 Å². The van der Waals surface area contributed by atoms with Gasteiger partial charge >= 0.3 is 0 Å². The Morgan fingerprint density at radius 1 is 0.307 bits per heavy atom. The van der Waals surface area contributed by atoms with Crippen molar-refractivity contribution in [1.82, 2.24) is 39.9 Å². The van der Waals surface area contributed by atoms with Crippen molar-refractivity contribution >= 4 is 73.4 Å². The minimum Gasteiger partial charge on any atom is -0.407 e. The van der Waals surface area contributed by atoms with Gasteiger partial charge in [0.25, 0.3) is 0 Å².